The molecule has 0 aliphatic heterocycles. The fourth-order valence-corrected chi connectivity index (χ4v) is 2.18. The maximum atomic E-state index is 5.68. The van der Waals surface area contributed by atoms with Gasteiger partial charge in [0.25, 0.3) is 0 Å². The molecule has 98 valence electrons. The van der Waals surface area contributed by atoms with Gasteiger partial charge in [-0.15, -0.1) is 0 Å². The fraction of sp³-hybridized carbons (Fsp3) is 0.769. The molecule has 1 aromatic heterocycles. The minimum absolute atomic E-state index is 0.492. The lowest BCUT2D eigenvalue weighted by atomic mass is 10.1. The van der Waals surface area contributed by atoms with Gasteiger partial charge in [0.15, 0.2) is 0 Å². The lowest BCUT2D eigenvalue weighted by Gasteiger charge is -2.20. The minimum Gasteiger partial charge on any atom is -0.331 e. The van der Waals surface area contributed by atoms with E-state index in [1.807, 2.05) is 12.5 Å². The highest BCUT2D eigenvalue weighted by molar-refractivity contribution is 4.99. The first-order valence-corrected chi connectivity index (χ1v) is 6.66. The van der Waals surface area contributed by atoms with Gasteiger partial charge in [0, 0.05) is 18.8 Å². The van der Waals surface area contributed by atoms with Crippen molar-refractivity contribution in [2.45, 2.75) is 46.2 Å². The number of nitrogens with two attached hydrogens (primary N) is 1. The molecule has 2 N–H and O–H groups in total. The second-order valence-electron chi connectivity index (χ2n) is 4.51. The SMILES string of the molecule is CCN(CC)CCCC(C)n1cncc1CN. The third-order valence-electron chi connectivity index (χ3n) is 3.42. The monoisotopic (exact) mass is 238 g/mol. The van der Waals surface area contributed by atoms with Crippen molar-refractivity contribution in [3.8, 4) is 0 Å². The molecule has 0 radical (unpaired) electrons. The molecule has 0 spiro atoms. The van der Waals surface area contributed by atoms with E-state index in [0.717, 1.165) is 18.8 Å². The Labute approximate surface area is 105 Å². The summed E-state index contributed by atoms with van der Waals surface area (Å²) in [5.41, 5.74) is 6.81. The van der Waals surface area contributed by atoms with Crippen LogP contribution < -0.4 is 5.73 Å². The summed E-state index contributed by atoms with van der Waals surface area (Å²) in [6, 6.07) is 0.492. The molecule has 0 saturated heterocycles. The van der Waals surface area contributed by atoms with Gasteiger partial charge in [0.05, 0.1) is 12.0 Å². The Balaban J connectivity index is 2.37. The lowest BCUT2D eigenvalue weighted by Crippen LogP contribution is -2.24. The van der Waals surface area contributed by atoms with Crippen LogP contribution in [-0.2, 0) is 6.54 Å². The highest BCUT2D eigenvalue weighted by Crippen LogP contribution is 2.15. The van der Waals surface area contributed by atoms with Crippen LogP contribution in [0.1, 0.15) is 45.3 Å². The summed E-state index contributed by atoms with van der Waals surface area (Å²) in [6.45, 7) is 10.7. The van der Waals surface area contributed by atoms with E-state index in [0.29, 0.717) is 12.6 Å². The van der Waals surface area contributed by atoms with Gasteiger partial charge in [-0.05, 0) is 39.4 Å². The minimum atomic E-state index is 0.492. The fourth-order valence-electron chi connectivity index (χ4n) is 2.18. The second-order valence-corrected chi connectivity index (χ2v) is 4.51. The van der Waals surface area contributed by atoms with Gasteiger partial charge in [-0.2, -0.15) is 0 Å². The second kappa shape index (κ2) is 7.45. The van der Waals surface area contributed by atoms with Gasteiger partial charge in [0.1, 0.15) is 0 Å². The molecule has 0 fully saturated rings. The first-order chi connectivity index (χ1) is 8.22. The van der Waals surface area contributed by atoms with Crippen molar-refractivity contribution in [1.82, 2.24) is 14.5 Å². The average molecular weight is 238 g/mol. The van der Waals surface area contributed by atoms with Crippen LogP contribution in [0.3, 0.4) is 0 Å². The summed E-state index contributed by atoms with van der Waals surface area (Å²) in [7, 11) is 0. The Morgan fingerprint density at radius 1 is 1.41 bits per heavy atom. The number of hydrogen-bond acceptors (Lipinski definition) is 3. The predicted molar refractivity (Wildman–Crippen MR) is 71.9 cm³/mol. The van der Waals surface area contributed by atoms with Crippen molar-refractivity contribution in [2.75, 3.05) is 19.6 Å². The van der Waals surface area contributed by atoms with Crippen molar-refractivity contribution in [1.29, 1.82) is 0 Å². The summed E-state index contributed by atoms with van der Waals surface area (Å²) in [5.74, 6) is 0. The van der Waals surface area contributed by atoms with E-state index in [1.54, 1.807) is 0 Å². The van der Waals surface area contributed by atoms with Crippen LogP contribution in [0.15, 0.2) is 12.5 Å². The van der Waals surface area contributed by atoms with E-state index in [1.165, 1.54) is 19.4 Å². The molecular formula is C13H26N4. The molecule has 0 bridgehead atoms. The first-order valence-electron chi connectivity index (χ1n) is 6.66. The van der Waals surface area contributed by atoms with Gasteiger partial charge in [-0.1, -0.05) is 13.8 Å². The summed E-state index contributed by atoms with van der Waals surface area (Å²) >= 11 is 0. The Kier molecular flexibility index (Phi) is 6.22. The number of hydrogen-bond donors (Lipinski definition) is 1. The zero-order valence-corrected chi connectivity index (χ0v) is 11.4. The van der Waals surface area contributed by atoms with Crippen molar-refractivity contribution >= 4 is 0 Å². The Hall–Kier alpha value is -0.870. The van der Waals surface area contributed by atoms with Crippen molar-refractivity contribution in [2.24, 2.45) is 5.73 Å². The van der Waals surface area contributed by atoms with Gasteiger partial charge in [-0.3, -0.25) is 0 Å². The highest BCUT2D eigenvalue weighted by atomic mass is 15.1. The molecule has 0 saturated carbocycles. The molecular weight excluding hydrogens is 212 g/mol. The molecule has 4 nitrogen and oxygen atoms in total. The molecule has 1 aromatic rings. The maximum Gasteiger partial charge on any atom is 0.0951 e. The number of rotatable bonds is 8. The van der Waals surface area contributed by atoms with Crippen LogP contribution in [0.5, 0.6) is 0 Å². The molecule has 4 heteroatoms. The zero-order valence-electron chi connectivity index (χ0n) is 11.4. The number of aromatic nitrogens is 2. The molecule has 0 aliphatic carbocycles. The average Bonchev–Trinajstić information content (AvgIpc) is 2.82. The molecule has 17 heavy (non-hydrogen) atoms. The summed E-state index contributed by atoms with van der Waals surface area (Å²) in [5, 5.41) is 0. The molecule has 0 aromatic carbocycles. The van der Waals surface area contributed by atoms with E-state index in [4.69, 9.17) is 5.73 Å². The molecule has 0 aliphatic rings. The van der Waals surface area contributed by atoms with E-state index >= 15 is 0 Å². The zero-order chi connectivity index (χ0) is 12.7. The first kappa shape index (κ1) is 14.2. The van der Waals surface area contributed by atoms with Gasteiger partial charge >= 0.3 is 0 Å². The molecule has 1 unspecified atom stereocenters. The van der Waals surface area contributed by atoms with Gasteiger partial charge in [0.2, 0.25) is 0 Å². The van der Waals surface area contributed by atoms with Gasteiger partial charge in [-0.25, -0.2) is 4.98 Å². The Bertz CT molecular complexity index is 304. The molecule has 0 amide bonds. The maximum absolute atomic E-state index is 5.68. The normalized spacial score (nSPS) is 13.2. The number of imidazole rings is 1. The third kappa shape index (κ3) is 4.13. The van der Waals surface area contributed by atoms with E-state index in [-0.39, 0.29) is 0 Å². The summed E-state index contributed by atoms with van der Waals surface area (Å²) in [4.78, 5) is 6.62. The highest BCUT2D eigenvalue weighted by Gasteiger charge is 2.08. The van der Waals surface area contributed by atoms with Crippen LogP contribution in [0.25, 0.3) is 0 Å². The molecule has 1 atom stereocenters. The summed E-state index contributed by atoms with van der Waals surface area (Å²) < 4.78 is 2.20. The molecule has 1 heterocycles. The van der Waals surface area contributed by atoms with E-state index < -0.39 is 0 Å². The van der Waals surface area contributed by atoms with Crippen molar-refractivity contribution < 1.29 is 0 Å². The van der Waals surface area contributed by atoms with E-state index in [9.17, 15) is 0 Å². The third-order valence-corrected chi connectivity index (χ3v) is 3.42. The standard InChI is InChI=1S/C13H26N4/c1-4-16(5-2)8-6-7-12(3)17-11-15-10-13(17)9-14/h10-12H,4-9,14H2,1-3H3. The summed E-state index contributed by atoms with van der Waals surface area (Å²) in [6.07, 6.45) is 6.16. The van der Waals surface area contributed by atoms with Crippen LogP contribution in [-0.4, -0.2) is 34.1 Å². The predicted octanol–water partition coefficient (Wildman–Crippen LogP) is 2.02. The Morgan fingerprint density at radius 2 is 2.12 bits per heavy atom. The molecule has 1 rings (SSSR count). The quantitative estimate of drug-likeness (QED) is 0.754. The Morgan fingerprint density at radius 3 is 2.71 bits per heavy atom. The van der Waals surface area contributed by atoms with Crippen LogP contribution >= 0.6 is 0 Å². The van der Waals surface area contributed by atoms with E-state index in [2.05, 4.69) is 35.2 Å². The largest absolute Gasteiger partial charge is 0.331 e. The smallest absolute Gasteiger partial charge is 0.0951 e. The topological polar surface area (TPSA) is 47.1 Å². The van der Waals surface area contributed by atoms with Crippen molar-refractivity contribution in [3.63, 3.8) is 0 Å². The van der Waals surface area contributed by atoms with Crippen LogP contribution in [0.4, 0.5) is 0 Å². The number of nitrogens with zero attached hydrogens (tertiary/aromatic N) is 3. The van der Waals surface area contributed by atoms with Crippen molar-refractivity contribution in [3.05, 3.63) is 18.2 Å². The van der Waals surface area contributed by atoms with Crippen LogP contribution in [0.2, 0.25) is 0 Å². The van der Waals surface area contributed by atoms with Crippen LogP contribution in [0, 0.1) is 0 Å². The van der Waals surface area contributed by atoms with Gasteiger partial charge < -0.3 is 15.2 Å². The lowest BCUT2D eigenvalue weighted by molar-refractivity contribution is 0.287.